The first kappa shape index (κ1) is 28.7. The quantitative estimate of drug-likeness (QED) is 0.274. The molecule has 1 N–H and O–H groups in total. The van der Waals surface area contributed by atoms with Gasteiger partial charge in [-0.3, -0.25) is 0 Å². The van der Waals surface area contributed by atoms with Crippen LogP contribution in [0.2, 0.25) is 0 Å². The lowest BCUT2D eigenvalue weighted by Crippen LogP contribution is -2.71. The van der Waals surface area contributed by atoms with Gasteiger partial charge in [0.15, 0.2) is 0 Å². The lowest BCUT2D eigenvalue weighted by molar-refractivity contribution is -0.421. The molecule has 32 heavy (non-hydrogen) atoms. The molecule has 4 nitrogen and oxygen atoms in total. The first-order chi connectivity index (χ1) is 14.4. The summed E-state index contributed by atoms with van der Waals surface area (Å²) in [6.07, 6.45) is -8.56. The summed E-state index contributed by atoms with van der Waals surface area (Å²) in [6, 6.07) is 0. The van der Waals surface area contributed by atoms with Gasteiger partial charge in [-0.25, -0.2) is 4.79 Å². The van der Waals surface area contributed by atoms with Crippen LogP contribution < -0.4 is 0 Å². The van der Waals surface area contributed by atoms with Crippen LogP contribution in [-0.4, -0.2) is 46.3 Å². The molecule has 0 amide bonds. The van der Waals surface area contributed by atoms with Gasteiger partial charge in [0.2, 0.25) is 0 Å². The minimum Gasteiger partial charge on any atom is -0.459 e. The Kier molecular flexibility index (Phi) is 9.27. The molecule has 0 bridgehead atoms. The highest BCUT2D eigenvalue weighted by atomic mass is 19.4. The van der Waals surface area contributed by atoms with E-state index in [2.05, 4.69) is 6.58 Å². The highest BCUT2D eigenvalue weighted by Gasteiger charge is 2.78. The van der Waals surface area contributed by atoms with E-state index in [1.54, 1.807) is 6.92 Å². The number of alkyl halides is 6. The Morgan fingerprint density at radius 1 is 1.00 bits per heavy atom. The van der Waals surface area contributed by atoms with Crippen LogP contribution in [0.15, 0.2) is 12.2 Å². The molecule has 10 heteroatoms. The van der Waals surface area contributed by atoms with E-state index in [0.717, 1.165) is 0 Å². The smallest absolute Gasteiger partial charge is 0.429 e. The largest absolute Gasteiger partial charge is 0.459 e. The van der Waals surface area contributed by atoms with Crippen molar-refractivity contribution in [1.82, 2.24) is 0 Å². The maximum absolute atomic E-state index is 13.5. The minimum absolute atomic E-state index is 0.165. The van der Waals surface area contributed by atoms with Crippen LogP contribution in [0.5, 0.6) is 0 Å². The summed E-state index contributed by atoms with van der Waals surface area (Å²) >= 11 is 0. The van der Waals surface area contributed by atoms with Crippen LogP contribution in [0.1, 0.15) is 85.5 Å². The molecule has 0 radical (unpaired) electrons. The topological polar surface area (TPSA) is 55.8 Å². The number of hydrogen-bond acceptors (Lipinski definition) is 4. The van der Waals surface area contributed by atoms with Crippen molar-refractivity contribution in [2.45, 2.75) is 121 Å². The second-order valence-corrected chi connectivity index (χ2v) is 9.15. The van der Waals surface area contributed by atoms with Crippen molar-refractivity contribution in [3.8, 4) is 0 Å². The van der Waals surface area contributed by atoms with E-state index in [1.165, 1.54) is 6.92 Å². The van der Waals surface area contributed by atoms with Crippen LogP contribution in [0, 0.1) is 0 Å². The third-order valence-electron chi connectivity index (χ3n) is 6.25. The maximum atomic E-state index is 13.5. The molecule has 0 aliphatic heterocycles. The standard InChI is InChI=1S/C22H34F6O4/c1-6-19(32-18(4,5)20(30,21(23,24)25)22(26,27)28)13-9-7-8-11-16(12-10-14-19)31-17(29)15(2)3/h16,30H,2,6-14H2,1,3-5H3. The Bertz CT molecular complexity index is 642. The Morgan fingerprint density at radius 3 is 1.97 bits per heavy atom. The fourth-order valence-corrected chi connectivity index (χ4v) is 4.27. The van der Waals surface area contributed by atoms with E-state index >= 15 is 0 Å². The van der Waals surface area contributed by atoms with Gasteiger partial charge in [-0.15, -0.1) is 0 Å². The van der Waals surface area contributed by atoms with Crippen molar-refractivity contribution >= 4 is 5.97 Å². The molecule has 188 valence electrons. The van der Waals surface area contributed by atoms with Gasteiger partial charge >= 0.3 is 18.3 Å². The zero-order valence-electron chi connectivity index (χ0n) is 19.1. The lowest BCUT2D eigenvalue weighted by Gasteiger charge is -2.49. The number of carbonyl (C=O) groups is 1. The summed E-state index contributed by atoms with van der Waals surface area (Å²) in [5.74, 6) is -0.536. The van der Waals surface area contributed by atoms with Crippen LogP contribution in [0.4, 0.5) is 26.3 Å². The molecule has 1 aliphatic rings. The summed E-state index contributed by atoms with van der Waals surface area (Å²) in [5, 5.41) is 9.93. The number of esters is 1. The number of aliphatic hydroxyl groups is 1. The van der Waals surface area contributed by atoms with Crippen molar-refractivity contribution in [3.05, 3.63) is 12.2 Å². The summed E-state index contributed by atoms with van der Waals surface area (Å²) in [5.41, 5.74) is -9.08. The fraction of sp³-hybridized carbons (Fsp3) is 0.864. The molecule has 0 saturated heterocycles. The summed E-state index contributed by atoms with van der Waals surface area (Å²) < 4.78 is 91.9. The molecule has 1 rings (SSSR count). The van der Waals surface area contributed by atoms with E-state index in [0.29, 0.717) is 52.4 Å². The molecule has 0 spiro atoms. The zero-order chi connectivity index (χ0) is 25.0. The minimum atomic E-state index is -5.98. The predicted octanol–water partition coefficient (Wildman–Crippen LogP) is 6.41. The van der Waals surface area contributed by atoms with Crippen LogP contribution >= 0.6 is 0 Å². The van der Waals surface area contributed by atoms with Crippen LogP contribution in [0.25, 0.3) is 0 Å². The van der Waals surface area contributed by atoms with E-state index in [4.69, 9.17) is 9.47 Å². The molecule has 1 fully saturated rings. The molecule has 2 atom stereocenters. The Labute approximate surface area is 185 Å². The molecule has 2 unspecified atom stereocenters. The van der Waals surface area contributed by atoms with E-state index in [-0.39, 0.29) is 24.8 Å². The molecule has 0 heterocycles. The van der Waals surface area contributed by atoms with E-state index in [9.17, 15) is 36.2 Å². The molecule has 0 aromatic rings. The van der Waals surface area contributed by atoms with Crippen molar-refractivity contribution < 1.29 is 45.7 Å². The normalized spacial score (nSPS) is 24.7. The molecule has 1 saturated carbocycles. The Morgan fingerprint density at radius 2 is 1.50 bits per heavy atom. The Hall–Kier alpha value is -1.29. The second-order valence-electron chi connectivity index (χ2n) is 9.15. The number of ether oxygens (including phenoxy) is 2. The van der Waals surface area contributed by atoms with Gasteiger partial charge in [-0.05, 0) is 65.7 Å². The predicted molar refractivity (Wildman–Crippen MR) is 107 cm³/mol. The second kappa shape index (κ2) is 10.3. The number of rotatable bonds is 6. The molecular formula is C22H34F6O4. The first-order valence-corrected chi connectivity index (χ1v) is 10.8. The van der Waals surface area contributed by atoms with Gasteiger partial charge in [-0.1, -0.05) is 26.3 Å². The van der Waals surface area contributed by atoms with E-state index < -0.39 is 41.2 Å². The summed E-state index contributed by atoms with van der Waals surface area (Å²) in [4.78, 5) is 11.8. The molecular weight excluding hydrogens is 442 g/mol. The monoisotopic (exact) mass is 476 g/mol. The summed E-state index contributed by atoms with van der Waals surface area (Å²) in [6.45, 7) is 7.94. The maximum Gasteiger partial charge on any atom is 0.429 e. The van der Waals surface area contributed by atoms with Crippen molar-refractivity contribution in [2.75, 3.05) is 0 Å². The van der Waals surface area contributed by atoms with E-state index in [1.807, 2.05) is 0 Å². The third-order valence-corrected chi connectivity index (χ3v) is 6.25. The molecule has 1 aliphatic carbocycles. The van der Waals surface area contributed by atoms with Gasteiger partial charge in [0.05, 0.1) is 5.60 Å². The van der Waals surface area contributed by atoms with Gasteiger partial charge in [0.25, 0.3) is 5.60 Å². The Balaban J connectivity index is 3.15. The van der Waals surface area contributed by atoms with Gasteiger partial charge in [0, 0.05) is 5.57 Å². The van der Waals surface area contributed by atoms with Gasteiger partial charge in [0.1, 0.15) is 11.7 Å². The number of carbonyl (C=O) groups excluding carboxylic acids is 1. The fourth-order valence-electron chi connectivity index (χ4n) is 4.27. The highest BCUT2D eigenvalue weighted by molar-refractivity contribution is 5.87. The molecule has 0 aromatic carbocycles. The van der Waals surface area contributed by atoms with Crippen LogP contribution in [0.3, 0.4) is 0 Å². The van der Waals surface area contributed by atoms with Crippen molar-refractivity contribution in [2.24, 2.45) is 0 Å². The first-order valence-electron chi connectivity index (χ1n) is 10.8. The van der Waals surface area contributed by atoms with Gasteiger partial charge < -0.3 is 14.6 Å². The average molecular weight is 476 g/mol. The lowest BCUT2D eigenvalue weighted by atomic mass is 9.80. The van der Waals surface area contributed by atoms with Gasteiger partial charge in [-0.2, -0.15) is 26.3 Å². The average Bonchev–Trinajstić information content (AvgIpc) is 2.64. The highest BCUT2D eigenvalue weighted by Crippen LogP contribution is 2.52. The number of halogens is 6. The van der Waals surface area contributed by atoms with Crippen LogP contribution in [-0.2, 0) is 14.3 Å². The van der Waals surface area contributed by atoms with Crippen molar-refractivity contribution in [3.63, 3.8) is 0 Å². The zero-order valence-corrected chi connectivity index (χ0v) is 19.1. The summed E-state index contributed by atoms with van der Waals surface area (Å²) in [7, 11) is 0. The molecule has 0 aromatic heterocycles. The van der Waals surface area contributed by atoms with Crippen molar-refractivity contribution in [1.29, 1.82) is 0 Å². The third kappa shape index (κ3) is 6.40. The number of hydrogen-bond donors (Lipinski definition) is 1. The SMILES string of the molecule is C=C(C)C(=O)OC1CCCCCC(CC)(OC(C)(C)C(O)(C(F)(F)F)C(F)(F)F)CCC1.